The molecule has 19 atom stereocenters. The van der Waals surface area contributed by atoms with Crippen molar-refractivity contribution < 1.29 is 79.5 Å². The lowest BCUT2D eigenvalue weighted by molar-refractivity contribution is -0.394. The number of hydrogen-bond acceptors (Lipinski definition) is 16. The maximum Gasteiger partial charge on any atom is 0.187 e. The molecule has 2 saturated carbocycles. The molecule has 5 rings (SSSR count). The number of aliphatic hydroxyl groups excluding tert-OH is 10. The molecule has 0 spiro atoms. The first-order valence-corrected chi connectivity index (χ1v) is 19.8. The zero-order valence-electron chi connectivity index (χ0n) is 31.8. The van der Waals surface area contributed by atoms with Crippen LogP contribution in [0.5, 0.6) is 0 Å². The van der Waals surface area contributed by atoms with Crippen molar-refractivity contribution in [2.45, 2.75) is 177 Å². The molecular weight excluding hydrogens is 712 g/mol. The van der Waals surface area contributed by atoms with E-state index >= 15 is 0 Å². The molecular formula is C38H66O16. The van der Waals surface area contributed by atoms with Gasteiger partial charge < -0.3 is 79.5 Å². The molecule has 5 fully saturated rings. The number of allylic oxidation sites excluding steroid dienone is 1. The highest BCUT2D eigenvalue weighted by Crippen LogP contribution is 2.57. The van der Waals surface area contributed by atoms with Gasteiger partial charge >= 0.3 is 0 Å². The predicted octanol–water partition coefficient (Wildman–Crippen LogP) is -0.799. The van der Waals surface area contributed by atoms with Crippen LogP contribution < -0.4 is 0 Å². The predicted molar refractivity (Wildman–Crippen MR) is 189 cm³/mol. The third-order valence-corrected chi connectivity index (χ3v) is 13.2. The summed E-state index contributed by atoms with van der Waals surface area (Å²) in [4.78, 5) is 0. The van der Waals surface area contributed by atoms with Crippen LogP contribution in [-0.2, 0) is 28.4 Å². The summed E-state index contributed by atoms with van der Waals surface area (Å²) in [7, 11) is 0. The lowest BCUT2D eigenvalue weighted by atomic mass is 9.53. The molecule has 0 unspecified atom stereocenters. The molecule has 314 valence electrons. The van der Waals surface area contributed by atoms with Gasteiger partial charge in [-0.05, 0) is 67.6 Å². The quantitative estimate of drug-likeness (QED) is 0.109. The topological polar surface area (TPSA) is 258 Å². The van der Waals surface area contributed by atoms with Gasteiger partial charge in [0.05, 0.1) is 26.4 Å². The Kier molecular flexibility index (Phi) is 15.4. The highest BCUT2D eigenvalue weighted by molar-refractivity contribution is 5.03. The molecule has 5 aliphatic rings. The van der Waals surface area contributed by atoms with Crippen molar-refractivity contribution in [3.05, 3.63) is 12.2 Å². The zero-order chi connectivity index (χ0) is 39.5. The SMILES string of the molecule is C=C(CC)[C@H]1CCC[C@H]2[C@](C)(CCC1)CCC[C@@]2(C)CO[C@@H]1O[C@H](CO)[C@@H](O)[C@H](O[C@@H]2O[C@H](CO)[C@@H](O)[C@H](O)[C@H]2O)[C@H]1O[C@@H]1O[C@H](CO)[C@@H](O)[C@H](O)[C@H]1O. The summed E-state index contributed by atoms with van der Waals surface area (Å²) < 4.78 is 36.2. The first-order valence-electron chi connectivity index (χ1n) is 19.8. The molecule has 3 saturated heterocycles. The normalized spacial score (nSPS) is 49.3. The van der Waals surface area contributed by atoms with Crippen LogP contribution in [0.3, 0.4) is 0 Å². The molecule has 16 heteroatoms. The van der Waals surface area contributed by atoms with E-state index in [2.05, 4.69) is 27.4 Å². The van der Waals surface area contributed by atoms with Gasteiger partial charge in [0.1, 0.15) is 73.2 Å². The summed E-state index contributed by atoms with van der Waals surface area (Å²) in [6, 6.07) is 0. The van der Waals surface area contributed by atoms with E-state index < -0.39 is 112 Å². The van der Waals surface area contributed by atoms with Gasteiger partial charge in [-0.25, -0.2) is 0 Å². The van der Waals surface area contributed by atoms with Crippen LogP contribution in [0.15, 0.2) is 12.2 Å². The molecule has 0 aromatic heterocycles. The van der Waals surface area contributed by atoms with Crippen LogP contribution in [0, 0.1) is 22.7 Å². The molecule has 0 amide bonds. The van der Waals surface area contributed by atoms with Crippen molar-refractivity contribution >= 4 is 0 Å². The highest BCUT2D eigenvalue weighted by Gasteiger charge is 2.56. The Balaban J connectivity index is 1.44. The summed E-state index contributed by atoms with van der Waals surface area (Å²) in [6.07, 6.45) is -14.2. The molecule has 10 N–H and O–H groups in total. The molecule has 0 radical (unpaired) electrons. The Morgan fingerprint density at radius 2 is 1.11 bits per heavy atom. The summed E-state index contributed by atoms with van der Waals surface area (Å²) in [5.41, 5.74) is 1.01. The number of fused-ring (bicyclic) bond motifs is 1. The van der Waals surface area contributed by atoms with Crippen LogP contribution in [0.2, 0.25) is 0 Å². The fourth-order valence-electron chi connectivity index (χ4n) is 9.83. The van der Waals surface area contributed by atoms with E-state index in [-0.39, 0.29) is 23.4 Å². The average Bonchev–Trinajstić information content (AvgIpc) is 3.24. The Morgan fingerprint density at radius 1 is 0.611 bits per heavy atom. The Labute approximate surface area is 317 Å². The Hall–Kier alpha value is -0.900. The molecule has 54 heavy (non-hydrogen) atoms. The highest BCUT2D eigenvalue weighted by atomic mass is 16.8. The van der Waals surface area contributed by atoms with Crippen LogP contribution in [0.25, 0.3) is 0 Å². The van der Waals surface area contributed by atoms with Gasteiger partial charge in [-0.2, -0.15) is 0 Å². The number of ether oxygens (including phenoxy) is 6. The van der Waals surface area contributed by atoms with E-state index in [4.69, 9.17) is 28.4 Å². The first-order chi connectivity index (χ1) is 25.6. The first kappa shape index (κ1) is 44.2. The Morgan fingerprint density at radius 3 is 1.67 bits per heavy atom. The van der Waals surface area contributed by atoms with E-state index in [1.54, 1.807) is 0 Å². The number of hydrogen-bond donors (Lipinski definition) is 10. The standard InChI is InChI=1S/C38H66O16/c1-5-19(2)20-9-6-11-24-37(3,12-7-10-20)13-8-14-38(24,4)18-49-36-33(54-35-31(48)29(46)26(43)22(16-40)51-35)32(27(44)23(17-41)52-36)53-34-30(47)28(45)25(42)21(15-39)50-34/h20-36,39-48H,2,5-18H2,1,3-4H3/t20-,21+,22+,23+,24-,25+,26+,27+,28-,29-,30+,31+,32-,33+,34-,35-,36+,37+,38-/m0/s1. The molecule has 0 aromatic carbocycles. The third kappa shape index (κ3) is 9.20. The molecule has 0 aromatic rings. The van der Waals surface area contributed by atoms with E-state index in [9.17, 15) is 51.1 Å². The second-order valence-corrected chi connectivity index (χ2v) is 16.9. The van der Waals surface area contributed by atoms with Gasteiger partial charge in [0, 0.05) is 0 Å². The lowest BCUT2D eigenvalue weighted by Gasteiger charge is -2.54. The van der Waals surface area contributed by atoms with Crippen molar-refractivity contribution in [2.24, 2.45) is 22.7 Å². The second kappa shape index (κ2) is 18.8. The summed E-state index contributed by atoms with van der Waals surface area (Å²) in [5, 5.41) is 105. The van der Waals surface area contributed by atoms with Crippen molar-refractivity contribution in [3.63, 3.8) is 0 Å². The minimum absolute atomic E-state index is 0.0526. The van der Waals surface area contributed by atoms with E-state index in [1.807, 2.05) is 0 Å². The van der Waals surface area contributed by atoms with Gasteiger partial charge in [0.2, 0.25) is 0 Å². The van der Waals surface area contributed by atoms with Gasteiger partial charge in [-0.1, -0.05) is 52.2 Å². The summed E-state index contributed by atoms with van der Waals surface area (Å²) in [6.45, 7) is 9.06. The minimum Gasteiger partial charge on any atom is -0.394 e. The fourth-order valence-corrected chi connectivity index (χ4v) is 9.83. The number of rotatable bonds is 12. The average molecular weight is 779 g/mol. The molecule has 0 bridgehead atoms. The second-order valence-electron chi connectivity index (χ2n) is 16.9. The van der Waals surface area contributed by atoms with Crippen molar-refractivity contribution in [2.75, 3.05) is 26.4 Å². The monoisotopic (exact) mass is 778 g/mol. The molecule has 16 nitrogen and oxygen atoms in total. The van der Waals surface area contributed by atoms with E-state index in [0.29, 0.717) is 5.92 Å². The lowest BCUT2D eigenvalue weighted by Crippen LogP contribution is -2.67. The van der Waals surface area contributed by atoms with E-state index in [0.717, 1.165) is 64.2 Å². The largest absolute Gasteiger partial charge is 0.394 e. The third-order valence-electron chi connectivity index (χ3n) is 13.2. The number of aliphatic hydroxyl groups is 10. The van der Waals surface area contributed by atoms with Crippen molar-refractivity contribution in [1.29, 1.82) is 0 Å². The van der Waals surface area contributed by atoms with Crippen LogP contribution in [-0.4, -0.2) is 170 Å². The van der Waals surface area contributed by atoms with Crippen LogP contribution >= 0.6 is 0 Å². The zero-order valence-corrected chi connectivity index (χ0v) is 31.8. The van der Waals surface area contributed by atoms with Gasteiger partial charge in [0.25, 0.3) is 0 Å². The van der Waals surface area contributed by atoms with Crippen LogP contribution in [0.1, 0.15) is 85.0 Å². The van der Waals surface area contributed by atoms with Crippen molar-refractivity contribution in [1.82, 2.24) is 0 Å². The maximum absolute atomic E-state index is 11.5. The van der Waals surface area contributed by atoms with Gasteiger partial charge in [0.15, 0.2) is 18.9 Å². The molecule has 3 heterocycles. The van der Waals surface area contributed by atoms with Crippen LogP contribution in [0.4, 0.5) is 0 Å². The van der Waals surface area contributed by atoms with Crippen molar-refractivity contribution in [3.8, 4) is 0 Å². The maximum atomic E-state index is 11.5. The Bertz CT molecular complexity index is 1190. The fraction of sp³-hybridized carbons (Fsp3) is 0.947. The van der Waals surface area contributed by atoms with Gasteiger partial charge in [-0.15, -0.1) is 0 Å². The van der Waals surface area contributed by atoms with Gasteiger partial charge in [-0.3, -0.25) is 0 Å². The molecule has 2 aliphatic carbocycles. The summed E-state index contributed by atoms with van der Waals surface area (Å²) >= 11 is 0. The summed E-state index contributed by atoms with van der Waals surface area (Å²) in [5.74, 6) is 0.779. The minimum atomic E-state index is -1.87. The van der Waals surface area contributed by atoms with E-state index in [1.165, 1.54) is 5.57 Å². The molecule has 3 aliphatic heterocycles. The smallest absolute Gasteiger partial charge is 0.187 e.